The van der Waals surface area contributed by atoms with Crippen LogP contribution in [-0.2, 0) is 0 Å². The third-order valence-electron chi connectivity index (χ3n) is 18.2. The second kappa shape index (κ2) is 50.5. The maximum Gasteiger partial charge on any atom is 0.310 e. The van der Waals surface area contributed by atoms with Gasteiger partial charge >= 0.3 is 17.1 Å². The van der Waals surface area contributed by atoms with Crippen molar-refractivity contribution in [1.29, 1.82) is 0 Å². The zero-order valence-corrected chi connectivity index (χ0v) is 76.7. The van der Waals surface area contributed by atoms with E-state index < -0.39 is 67.9 Å². The fraction of sp³-hybridized carbons (Fsp3) is 0.344. The number of benzene rings is 9. The molecule has 37 nitrogen and oxygen atoms in total. The quantitative estimate of drug-likeness (QED) is 0.00962. The van der Waals surface area contributed by atoms with Crippen molar-refractivity contribution in [2.24, 2.45) is 52.7 Å². The second-order valence-corrected chi connectivity index (χ2v) is 33.1. The molecule has 0 aliphatic heterocycles. The van der Waals surface area contributed by atoms with Gasteiger partial charge in [0, 0.05) is 86.5 Å². The van der Waals surface area contributed by atoms with Crippen molar-refractivity contribution in [1.82, 2.24) is 0 Å². The first-order valence-corrected chi connectivity index (χ1v) is 42.8. The molecule has 0 fully saturated rings. The maximum absolute atomic E-state index is 13.3. The van der Waals surface area contributed by atoms with E-state index in [9.17, 15) is 73.5 Å². The van der Waals surface area contributed by atoms with Gasteiger partial charge in [0.2, 0.25) is 17.7 Å². The molecule has 9 rings (SSSR count). The minimum atomic E-state index is -0.651. The Morgan fingerprint density at radius 2 is 0.489 bits per heavy atom. The predicted molar refractivity (Wildman–Crippen MR) is 502 cm³/mol. The van der Waals surface area contributed by atoms with Crippen LogP contribution in [0.4, 0.5) is 51.2 Å². The largest absolute Gasteiger partial charge is 0.491 e. The Morgan fingerprint density at radius 1 is 0.293 bits per heavy atom. The Hall–Kier alpha value is -15.4. The molecule has 0 unspecified atom stereocenters. The molecule has 0 aliphatic carbocycles. The summed E-state index contributed by atoms with van der Waals surface area (Å²) in [5.74, 6) is -2.64. The van der Waals surface area contributed by atoms with Crippen LogP contribution >= 0.6 is 0 Å². The molecule has 133 heavy (non-hydrogen) atoms. The summed E-state index contributed by atoms with van der Waals surface area (Å²) in [4.78, 5) is 147. The highest BCUT2D eigenvalue weighted by molar-refractivity contribution is 6.11. The molecule has 0 bridgehead atoms. The van der Waals surface area contributed by atoms with Gasteiger partial charge in [-0.3, -0.25) is 73.5 Å². The minimum absolute atomic E-state index is 0.00463. The van der Waals surface area contributed by atoms with Crippen molar-refractivity contribution < 1.29 is 106 Å². The summed E-state index contributed by atoms with van der Waals surface area (Å²) in [5, 5.41) is 59.9. The summed E-state index contributed by atoms with van der Waals surface area (Å²) in [5.41, 5.74) is 19.0. The molecule has 0 radical (unpaired) electrons. The zero-order chi connectivity index (χ0) is 98.0. The van der Waals surface area contributed by atoms with Gasteiger partial charge in [-0.2, -0.15) is 0 Å². The van der Waals surface area contributed by atoms with Crippen molar-refractivity contribution >= 4 is 104 Å². The number of ether oxygens (including phenoxy) is 9. The van der Waals surface area contributed by atoms with Crippen molar-refractivity contribution in [2.45, 2.75) is 123 Å². The van der Waals surface area contributed by atoms with Crippen LogP contribution in [0.2, 0.25) is 0 Å². The number of aliphatic hydroxyl groups excluding tert-OH is 1. The molecule has 0 saturated heterocycles. The highest BCUT2D eigenvalue weighted by atomic mass is 16.6. The third-order valence-corrected chi connectivity index (χ3v) is 18.2. The number of unbranched alkanes of at least 4 members (excludes halogenated alkanes) is 1. The van der Waals surface area contributed by atoms with E-state index >= 15 is 0 Å². The predicted octanol–water partition coefficient (Wildman–Crippen LogP) is 17.1. The number of aliphatic hydroxyl groups is 1. The number of nitro groups is 3. The van der Waals surface area contributed by atoms with E-state index in [1.807, 2.05) is 90.0 Å². The summed E-state index contributed by atoms with van der Waals surface area (Å²) in [6.45, 7) is 30.6. The van der Waals surface area contributed by atoms with E-state index in [0.717, 1.165) is 12.5 Å². The summed E-state index contributed by atoms with van der Waals surface area (Å²) in [7, 11) is 0. The number of amides is 9. The number of nitro benzene ring substituents is 3. The van der Waals surface area contributed by atoms with Crippen LogP contribution in [0, 0.1) is 65.9 Å². The Labute approximate surface area is 769 Å². The van der Waals surface area contributed by atoms with E-state index in [2.05, 4.69) is 31.9 Å². The lowest BCUT2D eigenvalue weighted by molar-refractivity contribution is -0.386. The molecule has 9 aromatic rings. The molecule has 37 heteroatoms. The van der Waals surface area contributed by atoms with Crippen LogP contribution in [0.1, 0.15) is 210 Å². The highest BCUT2D eigenvalue weighted by Crippen LogP contribution is 2.38. The van der Waals surface area contributed by atoms with E-state index in [1.165, 1.54) is 140 Å². The van der Waals surface area contributed by atoms with E-state index in [1.54, 1.807) is 32.0 Å². The first kappa shape index (κ1) is 105. The lowest BCUT2D eigenvalue weighted by Gasteiger charge is -2.17. The average Bonchev–Trinajstić information content (AvgIpc) is 0.762. The number of hydrogen-bond donors (Lipinski definition) is 10. The number of anilines is 6. The van der Waals surface area contributed by atoms with Crippen LogP contribution in [0.15, 0.2) is 164 Å². The number of hydrogen-bond acceptors (Lipinski definition) is 25. The first-order chi connectivity index (χ1) is 63.0. The molecule has 0 saturated carbocycles. The van der Waals surface area contributed by atoms with Gasteiger partial charge in [0.15, 0.2) is 17.2 Å². The molecule has 0 atom stereocenters. The van der Waals surface area contributed by atoms with Crippen LogP contribution in [0.3, 0.4) is 0 Å². The molecule has 0 aromatic heterocycles. The van der Waals surface area contributed by atoms with Crippen molar-refractivity contribution in [3.63, 3.8) is 0 Å². The van der Waals surface area contributed by atoms with E-state index in [4.69, 9.17) is 64.9 Å². The lowest BCUT2D eigenvalue weighted by Crippen LogP contribution is -2.17. The number of nitrogens with one attached hydrogen (secondary N) is 6. The van der Waals surface area contributed by atoms with Crippen molar-refractivity contribution in [3.8, 4) is 51.7 Å². The molecule has 9 aromatic carbocycles. The highest BCUT2D eigenvalue weighted by Gasteiger charge is 2.27. The smallest absolute Gasteiger partial charge is 0.310 e. The Morgan fingerprint density at radius 3 is 0.692 bits per heavy atom. The molecular formula is C96H114N12O25. The summed E-state index contributed by atoms with van der Waals surface area (Å²) in [6.07, 6.45) is 1.20. The Bertz CT molecular complexity index is 5680. The van der Waals surface area contributed by atoms with Gasteiger partial charge in [-0.25, -0.2) is 0 Å². The van der Waals surface area contributed by atoms with E-state index in [-0.39, 0.29) is 181 Å². The molecule has 0 aliphatic rings. The molecule has 9 amide bonds. The first-order valence-electron chi connectivity index (χ1n) is 42.8. The SMILES string of the molecule is CC(C)COc1cc(C(N)=O)ccc1NC(=O)c1ccc(NC(=O)c2ccc([N+](=O)[O-])c(OC(C)C)c2)c(OCC(C)C)c1.CC(C)COc1cc(C(N)=O)ccc1NC(=O)c1ccc(NC(=O)c2ccc([N+](=O)[O-])c(OCCO)c2)c(OCC(C)C)c1.CCCCOc1cc(C(=O)Nc2ccc(C(=O)Nc3ccc(C(N)=O)cc3OCC(C)C)cc2OCC(C)C)ccc1[N+](=O)[O-]. The van der Waals surface area contributed by atoms with Gasteiger partial charge in [-0.1, -0.05) is 96.4 Å². The van der Waals surface area contributed by atoms with Crippen LogP contribution in [0.25, 0.3) is 0 Å². The van der Waals surface area contributed by atoms with Crippen LogP contribution < -0.4 is 91.7 Å². The van der Waals surface area contributed by atoms with Gasteiger partial charge in [-0.15, -0.1) is 0 Å². The average molecular weight is 1840 g/mol. The van der Waals surface area contributed by atoms with Crippen LogP contribution in [-0.4, -0.2) is 139 Å². The molecule has 13 N–H and O–H groups in total. The molecule has 0 spiro atoms. The number of carbonyl (C=O) groups is 9. The van der Waals surface area contributed by atoms with Crippen molar-refractivity contribution in [2.75, 3.05) is 91.4 Å². The summed E-state index contributed by atoms with van der Waals surface area (Å²) >= 11 is 0. The van der Waals surface area contributed by atoms with E-state index in [0.29, 0.717) is 79.4 Å². The fourth-order valence-electron chi connectivity index (χ4n) is 11.5. The maximum atomic E-state index is 13.3. The number of nitrogens with zero attached hydrogens (tertiary/aromatic N) is 3. The second-order valence-electron chi connectivity index (χ2n) is 33.1. The van der Waals surface area contributed by atoms with Gasteiger partial charge in [-0.05, 0) is 183 Å². The Kier molecular flexibility index (Phi) is 39.7. The standard InChI is InChI=1S/C33H40N4O8.C32H38N4O8.C31H36N4O9/c1-6-7-14-43-30-17-24(10-13-27(30)37(41)42)33(40)36-26-12-9-23(16-29(26)45-19-21(4)5)32(39)35-25-11-8-22(31(34)38)15-28(25)44-18-20(2)3;1-18(2)16-42-27-13-21(30(33)37)7-10-24(27)34-31(38)22-8-11-25(28(14-22)43-17-19(3)4)35-32(39)23-9-12-26(36(40)41)29(15-23)44-20(5)6;1-18(2)16-43-26-13-20(29(32)37)5-8-23(26)33-30(38)21-6-9-24(27(14-21)44-17-19(3)4)34-31(39)22-7-10-25(35(40)41)28(15-22)42-12-11-36/h8-13,15-17,20-21H,6-7,14,18-19H2,1-5H3,(H2,34,38)(H,35,39)(H,36,40);7-15,18-20H,16-17H2,1-6H3,(H2,33,37)(H,34,38)(H,35,39);5-10,13-15,18-19,36H,11-12,16-17H2,1-4H3,(H2,32,37)(H,33,38)(H,34,39). The number of rotatable bonds is 45. The third kappa shape index (κ3) is 32.6. The van der Waals surface area contributed by atoms with Gasteiger partial charge in [0.25, 0.3) is 35.4 Å². The molecule has 708 valence electrons. The fourth-order valence-corrected chi connectivity index (χ4v) is 11.5. The summed E-state index contributed by atoms with van der Waals surface area (Å²) in [6, 6.07) is 38.5. The zero-order valence-electron chi connectivity index (χ0n) is 76.7. The number of primary amides is 3. The van der Waals surface area contributed by atoms with Crippen LogP contribution in [0.5, 0.6) is 51.7 Å². The normalized spacial score (nSPS) is 10.8. The minimum Gasteiger partial charge on any atom is -0.491 e. The van der Waals surface area contributed by atoms with Gasteiger partial charge < -0.3 is 96.8 Å². The molecule has 0 heterocycles. The van der Waals surface area contributed by atoms with Gasteiger partial charge in [0.1, 0.15) is 41.1 Å². The summed E-state index contributed by atoms with van der Waals surface area (Å²) < 4.78 is 51.7. The van der Waals surface area contributed by atoms with Crippen molar-refractivity contribution in [3.05, 3.63) is 244 Å². The Balaban J connectivity index is 0.000000272. The lowest BCUT2D eigenvalue weighted by atomic mass is 10.1. The van der Waals surface area contributed by atoms with Gasteiger partial charge in [0.05, 0.1) is 108 Å². The number of nitrogens with two attached hydrogens (primary N) is 3. The molecular weight excluding hydrogens is 1720 g/mol. The number of carbonyl (C=O) groups excluding carboxylic acids is 9. The monoisotopic (exact) mass is 1830 g/mol. The topological polar surface area (TPSA) is 537 Å².